The molecule has 94 valence electrons. The highest BCUT2D eigenvalue weighted by Crippen LogP contribution is 2.35. The number of halogens is 2. The molecule has 0 radical (unpaired) electrons. The van der Waals surface area contributed by atoms with Crippen LogP contribution in [-0.4, -0.2) is 20.2 Å². The Morgan fingerprint density at radius 2 is 2.35 bits per heavy atom. The second kappa shape index (κ2) is 5.80. The summed E-state index contributed by atoms with van der Waals surface area (Å²) in [5.41, 5.74) is 0.581. The number of rotatable bonds is 3. The lowest BCUT2D eigenvalue weighted by molar-refractivity contribution is -0.0291. The van der Waals surface area contributed by atoms with Gasteiger partial charge in [0.25, 0.3) is 0 Å². The summed E-state index contributed by atoms with van der Waals surface area (Å²) in [4.78, 5) is 0. The van der Waals surface area contributed by atoms with Crippen molar-refractivity contribution >= 4 is 11.6 Å². The van der Waals surface area contributed by atoms with Gasteiger partial charge in [0.05, 0.1) is 6.10 Å². The van der Waals surface area contributed by atoms with Crippen molar-refractivity contribution in [2.24, 2.45) is 5.92 Å². The third-order valence-corrected chi connectivity index (χ3v) is 3.41. The summed E-state index contributed by atoms with van der Waals surface area (Å²) in [6.07, 6.45) is 1.90. The summed E-state index contributed by atoms with van der Waals surface area (Å²) in [6, 6.07) is 4.65. The molecule has 0 aliphatic carbocycles. The van der Waals surface area contributed by atoms with Gasteiger partial charge in [-0.15, -0.1) is 0 Å². The third-order valence-electron chi connectivity index (χ3n) is 3.18. The smallest absolute Gasteiger partial charge is 0.129 e. The molecule has 2 atom stereocenters. The summed E-state index contributed by atoms with van der Waals surface area (Å²) in [7, 11) is 1.90. The van der Waals surface area contributed by atoms with Crippen LogP contribution in [0.5, 0.6) is 0 Å². The van der Waals surface area contributed by atoms with Crippen LogP contribution >= 0.6 is 11.6 Å². The molecule has 2 nitrogen and oxygen atoms in total. The van der Waals surface area contributed by atoms with E-state index in [0.717, 1.165) is 19.4 Å². The van der Waals surface area contributed by atoms with Gasteiger partial charge in [-0.25, -0.2) is 4.39 Å². The standard InChI is InChI=1S/C13H17ClFNO/c1-16-8-9-3-2-6-17-13(9)11-7-10(14)4-5-12(11)15/h4-5,7,9,13,16H,2-3,6,8H2,1H3. The number of hydrogen-bond acceptors (Lipinski definition) is 2. The molecule has 0 saturated carbocycles. The molecule has 2 unspecified atom stereocenters. The molecule has 1 aromatic rings. The molecule has 0 spiro atoms. The van der Waals surface area contributed by atoms with Gasteiger partial charge in [0.2, 0.25) is 0 Å². The number of ether oxygens (including phenoxy) is 1. The predicted molar refractivity (Wildman–Crippen MR) is 66.8 cm³/mol. The average Bonchev–Trinajstić information content (AvgIpc) is 2.34. The van der Waals surface area contributed by atoms with E-state index in [9.17, 15) is 4.39 Å². The second-order valence-electron chi connectivity index (χ2n) is 4.42. The number of hydrogen-bond donors (Lipinski definition) is 1. The lowest BCUT2D eigenvalue weighted by atomic mass is 9.89. The van der Waals surface area contributed by atoms with Crippen LogP contribution in [0.3, 0.4) is 0 Å². The van der Waals surface area contributed by atoms with E-state index in [1.165, 1.54) is 6.07 Å². The number of benzene rings is 1. The molecule has 17 heavy (non-hydrogen) atoms. The Morgan fingerprint density at radius 3 is 3.12 bits per heavy atom. The maximum atomic E-state index is 13.8. The van der Waals surface area contributed by atoms with Crippen LogP contribution in [0.2, 0.25) is 5.02 Å². The highest BCUT2D eigenvalue weighted by atomic mass is 35.5. The molecule has 1 N–H and O–H groups in total. The normalized spacial score (nSPS) is 24.9. The summed E-state index contributed by atoms with van der Waals surface area (Å²) in [5, 5.41) is 3.69. The van der Waals surface area contributed by atoms with E-state index in [1.54, 1.807) is 12.1 Å². The summed E-state index contributed by atoms with van der Waals surface area (Å²) >= 11 is 5.92. The van der Waals surface area contributed by atoms with E-state index >= 15 is 0 Å². The first-order valence-electron chi connectivity index (χ1n) is 5.93. The zero-order valence-corrected chi connectivity index (χ0v) is 10.6. The first-order valence-corrected chi connectivity index (χ1v) is 6.31. The van der Waals surface area contributed by atoms with E-state index in [1.807, 2.05) is 7.05 Å². The second-order valence-corrected chi connectivity index (χ2v) is 4.85. The Kier molecular flexibility index (Phi) is 4.37. The van der Waals surface area contributed by atoms with Gasteiger partial charge in [-0.05, 0) is 38.1 Å². The predicted octanol–water partition coefficient (Wildman–Crippen LogP) is 3.17. The third kappa shape index (κ3) is 2.97. The number of nitrogens with one attached hydrogen (secondary N) is 1. The van der Waals surface area contributed by atoms with Crippen LogP contribution in [-0.2, 0) is 4.74 Å². The molecule has 2 rings (SSSR count). The van der Waals surface area contributed by atoms with Crippen molar-refractivity contribution in [1.82, 2.24) is 5.32 Å². The van der Waals surface area contributed by atoms with Crippen molar-refractivity contribution in [2.45, 2.75) is 18.9 Å². The molecule has 1 heterocycles. The van der Waals surface area contributed by atoms with Gasteiger partial charge < -0.3 is 10.1 Å². The fourth-order valence-corrected chi connectivity index (χ4v) is 2.57. The molecule has 1 fully saturated rings. The van der Waals surface area contributed by atoms with Crippen LogP contribution in [0, 0.1) is 11.7 Å². The Balaban J connectivity index is 2.25. The molecule has 1 aliphatic rings. The lowest BCUT2D eigenvalue weighted by Crippen LogP contribution is -2.30. The molecule has 0 amide bonds. The Bertz CT molecular complexity index is 384. The van der Waals surface area contributed by atoms with Crippen molar-refractivity contribution in [3.8, 4) is 0 Å². The Hall–Kier alpha value is -0.640. The molecule has 1 saturated heterocycles. The molecule has 0 bridgehead atoms. The Labute approximate surface area is 106 Å². The molecule has 0 aromatic heterocycles. The first-order chi connectivity index (χ1) is 8.22. The van der Waals surface area contributed by atoms with Gasteiger partial charge in [-0.3, -0.25) is 0 Å². The van der Waals surface area contributed by atoms with Gasteiger partial charge in [0.15, 0.2) is 0 Å². The van der Waals surface area contributed by atoms with Crippen LogP contribution in [0.1, 0.15) is 24.5 Å². The van der Waals surface area contributed by atoms with Crippen molar-refractivity contribution < 1.29 is 9.13 Å². The first kappa shape index (κ1) is 12.8. The summed E-state index contributed by atoms with van der Waals surface area (Å²) in [6.45, 7) is 1.52. The van der Waals surface area contributed by atoms with Gasteiger partial charge in [-0.2, -0.15) is 0 Å². The van der Waals surface area contributed by atoms with E-state index < -0.39 is 0 Å². The van der Waals surface area contributed by atoms with E-state index in [2.05, 4.69) is 5.32 Å². The van der Waals surface area contributed by atoms with Gasteiger partial charge in [-0.1, -0.05) is 11.6 Å². The Morgan fingerprint density at radius 1 is 1.53 bits per heavy atom. The highest BCUT2D eigenvalue weighted by Gasteiger charge is 2.29. The van der Waals surface area contributed by atoms with E-state index in [4.69, 9.17) is 16.3 Å². The van der Waals surface area contributed by atoms with E-state index in [-0.39, 0.29) is 11.9 Å². The average molecular weight is 258 g/mol. The monoisotopic (exact) mass is 257 g/mol. The highest BCUT2D eigenvalue weighted by molar-refractivity contribution is 6.30. The maximum absolute atomic E-state index is 13.8. The fraction of sp³-hybridized carbons (Fsp3) is 0.538. The van der Waals surface area contributed by atoms with Crippen LogP contribution < -0.4 is 5.32 Å². The minimum Gasteiger partial charge on any atom is -0.373 e. The van der Waals surface area contributed by atoms with Crippen molar-refractivity contribution in [2.75, 3.05) is 20.2 Å². The zero-order chi connectivity index (χ0) is 12.3. The molecular formula is C13H17ClFNO. The minimum atomic E-state index is -0.234. The van der Waals surface area contributed by atoms with Crippen LogP contribution in [0.4, 0.5) is 4.39 Å². The van der Waals surface area contributed by atoms with Crippen molar-refractivity contribution in [3.63, 3.8) is 0 Å². The van der Waals surface area contributed by atoms with Crippen molar-refractivity contribution in [1.29, 1.82) is 0 Å². The van der Waals surface area contributed by atoms with E-state index in [0.29, 0.717) is 23.1 Å². The topological polar surface area (TPSA) is 21.3 Å². The van der Waals surface area contributed by atoms with Gasteiger partial charge >= 0.3 is 0 Å². The summed E-state index contributed by atoms with van der Waals surface area (Å²) in [5.74, 6) is 0.0733. The molecule has 1 aromatic carbocycles. The quantitative estimate of drug-likeness (QED) is 0.898. The summed E-state index contributed by atoms with van der Waals surface area (Å²) < 4.78 is 19.5. The van der Waals surface area contributed by atoms with Gasteiger partial charge in [0, 0.05) is 29.7 Å². The van der Waals surface area contributed by atoms with Crippen LogP contribution in [0.25, 0.3) is 0 Å². The zero-order valence-electron chi connectivity index (χ0n) is 9.88. The van der Waals surface area contributed by atoms with Crippen molar-refractivity contribution in [3.05, 3.63) is 34.6 Å². The largest absolute Gasteiger partial charge is 0.373 e. The molecule has 4 heteroatoms. The van der Waals surface area contributed by atoms with Gasteiger partial charge in [0.1, 0.15) is 5.82 Å². The lowest BCUT2D eigenvalue weighted by Gasteiger charge is -2.32. The SMILES string of the molecule is CNCC1CCCOC1c1cc(Cl)ccc1F. The maximum Gasteiger partial charge on any atom is 0.129 e. The van der Waals surface area contributed by atoms with Crippen LogP contribution in [0.15, 0.2) is 18.2 Å². The fourth-order valence-electron chi connectivity index (χ4n) is 2.39. The minimum absolute atomic E-state index is 0.185. The molecule has 1 aliphatic heterocycles. The molecular weight excluding hydrogens is 241 g/mol.